The van der Waals surface area contributed by atoms with E-state index in [0.29, 0.717) is 25.1 Å². The molecule has 0 aliphatic carbocycles. The Morgan fingerprint density at radius 2 is 1.94 bits per heavy atom. The van der Waals surface area contributed by atoms with E-state index in [1.165, 1.54) is 0 Å². The van der Waals surface area contributed by atoms with E-state index in [4.69, 9.17) is 15.2 Å². The van der Waals surface area contributed by atoms with Gasteiger partial charge in [0.05, 0.1) is 11.0 Å². The number of aromatic nitrogens is 2. The molecular formula is C13H17N3O2. The third-order valence-electron chi connectivity index (χ3n) is 2.99. The van der Waals surface area contributed by atoms with Crippen molar-refractivity contribution in [3.63, 3.8) is 0 Å². The SMILES string of the molecule is CC(C)Cn1c(N)nc2cc3c(cc21)OCCO3. The predicted molar refractivity (Wildman–Crippen MR) is 70.0 cm³/mol. The van der Waals surface area contributed by atoms with Crippen molar-refractivity contribution in [1.82, 2.24) is 9.55 Å². The van der Waals surface area contributed by atoms with Crippen LogP contribution in [0.5, 0.6) is 11.5 Å². The van der Waals surface area contributed by atoms with Crippen molar-refractivity contribution >= 4 is 17.0 Å². The van der Waals surface area contributed by atoms with Crippen LogP contribution in [0.3, 0.4) is 0 Å². The summed E-state index contributed by atoms with van der Waals surface area (Å²) in [5, 5.41) is 0. The highest BCUT2D eigenvalue weighted by molar-refractivity contribution is 5.82. The molecule has 0 amide bonds. The van der Waals surface area contributed by atoms with Gasteiger partial charge in [-0.2, -0.15) is 0 Å². The summed E-state index contributed by atoms with van der Waals surface area (Å²) in [6.45, 7) is 6.33. The van der Waals surface area contributed by atoms with Crippen molar-refractivity contribution in [3.8, 4) is 11.5 Å². The molecule has 1 aliphatic heterocycles. The van der Waals surface area contributed by atoms with E-state index in [0.717, 1.165) is 29.1 Å². The molecule has 2 heterocycles. The Morgan fingerprint density at radius 1 is 1.28 bits per heavy atom. The lowest BCUT2D eigenvalue weighted by Crippen LogP contribution is -2.15. The summed E-state index contributed by atoms with van der Waals surface area (Å²) < 4.78 is 13.2. The van der Waals surface area contributed by atoms with E-state index in [2.05, 4.69) is 18.8 Å². The highest BCUT2D eigenvalue weighted by atomic mass is 16.6. The molecule has 2 N–H and O–H groups in total. The van der Waals surface area contributed by atoms with Gasteiger partial charge < -0.3 is 19.8 Å². The van der Waals surface area contributed by atoms with Gasteiger partial charge in [-0.25, -0.2) is 4.98 Å². The number of rotatable bonds is 2. The first kappa shape index (κ1) is 11.2. The molecule has 1 aromatic carbocycles. The third-order valence-corrected chi connectivity index (χ3v) is 2.99. The lowest BCUT2D eigenvalue weighted by Gasteiger charge is -2.18. The van der Waals surface area contributed by atoms with Gasteiger partial charge in [-0.1, -0.05) is 13.8 Å². The molecule has 5 nitrogen and oxygen atoms in total. The van der Waals surface area contributed by atoms with Crippen molar-refractivity contribution in [1.29, 1.82) is 0 Å². The number of benzene rings is 1. The maximum Gasteiger partial charge on any atom is 0.201 e. The quantitative estimate of drug-likeness (QED) is 0.882. The number of hydrogen-bond acceptors (Lipinski definition) is 4. The smallest absolute Gasteiger partial charge is 0.201 e. The molecule has 2 aromatic rings. The summed E-state index contributed by atoms with van der Waals surface area (Å²) in [6, 6.07) is 3.87. The van der Waals surface area contributed by atoms with E-state index >= 15 is 0 Å². The van der Waals surface area contributed by atoms with E-state index < -0.39 is 0 Å². The number of hydrogen-bond donors (Lipinski definition) is 1. The van der Waals surface area contributed by atoms with Gasteiger partial charge in [-0.15, -0.1) is 0 Å². The topological polar surface area (TPSA) is 62.3 Å². The molecule has 0 fully saturated rings. The van der Waals surface area contributed by atoms with Gasteiger partial charge in [-0.3, -0.25) is 0 Å². The number of fused-ring (bicyclic) bond motifs is 2. The van der Waals surface area contributed by atoms with Gasteiger partial charge in [0.25, 0.3) is 0 Å². The maximum atomic E-state index is 5.97. The monoisotopic (exact) mass is 247 g/mol. The fourth-order valence-electron chi connectivity index (χ4n) is 2.24. The zero-order valence-electron chi connectivity index (χ0n) is 10.6. The number of nitrogens with two attached hydrogens (primary N) is 1. The molecule has 0 radical (unpaired) electrons. The van der Waals surface area contributed by atoms with E-state index in [9.17, 15) is 0 Å². The summed E-state index contributed by atoms with van der Waals surface area (Å²) >= 11 is 0. The van der Waals surface area contributed by atoms with Crippen LogP contribution in [-0.4, -0.2) is 22.8 Å². The van der Waals surface area contributed by atoms with Crippen LogP contribution in [0, 0.1) is 5.92 Å². The minimum absolute atomic E-state index is 0.512. The van der Waals surface area contributed by atoms with Crippen LogP contribution in [0.2, 0.25) is 0 Å². The van der Waals surface area contributed by atoms with Gasteiger partial charge in [0.1, 0.15) is 13.2 Å². The van der Waals surface area contributed by atoms with Gasteiger partial charge in [0.2, 0.25) is 5.95 Å². The minimum Gasteiger partial charge on any atom is -0.486 e. The fraction of sp³-hybridized carbons (Fsp3) is 0.462. The van der Waals surface area contributed by atoms with Crippen molar-refractivity contribution in [2.45, 2.75) is 20.4 Å². The highest BCUT2D eigenvalue weighted by Gasteiger charge is 2.17. The lowest BCUT2D eigenvalue weighted by molar-refractivity contribution is 0.172. The van der Waals surface area contributed by atoms with Crippen LogP contribution in [0.1, 0.15) is 13.8 Å². The van der Waals surface area contributed by atoms with Gasteiger partial charge in [0, 0.05) is 18.7 Å². The van der Waals surface area contributed by atoms with Crippen LogP contribution in [0.15, 0.2) is 12.1 Å². The molecule has 0 atom stereocenters. The number of nitrogens with zero attached hydrogens (tertiary/aromatic N) is 2. The average molecular weight is 247 g/mol. The number of ether oxygens (including phenoxy) is 2. The van der Waals surface area contributed by atoms with Crippen LogP contribution in [0.4, 0.5) is 5.95 Å². The molecule has 0 spiro atoms. The number of imidazole rings is 1. The lowest BCUT2D eigenvalue weighted by atomic mass is 10.2. The Morgan fingerprint density at radius 3 is 2.61 bits per heavy atom. The predicted octanol–water partition coefficient (Wildman–Crippen LogP) is 2.05. The van der Waals surface area contributed by atoms with Crippen molar-refractivity contribution in [3.05, 3.63) is 12.1 Å². The van der Waals surface area contributed by atoms with Gasteiger partial charge in [-0.05, 0) is 5.92 Å². The summed E-state index contributed by atoms with van der Waals surface area (Å²) in [5.74, 6) is 2.58. The molecule has 1 aliphatic rings. The number of anilines is 1. The molecule has 96 valence electrons. The third kappa shape index (κ3) is 1.75. The Kier molecular flexibility index (Phi) is 2.54. The van der Waals surface area contributed by atoms with Crippen LogP contribution < -0.4 is 15.2 Å². The average Bonchev–Trinajstić information content (AvgIpc) is 2.62. The summed E-state index contributed by atoms with van der Waals surface area (Å²) in [6.07, 6.45) is 0. The second-order valence-corrected chi connectivity index (χ2v) is 4.96. The molecule has 3 rings (SSSR count). The highest BCUT2D eigenvalue weighted by Crippen LogP contribution is 2.35. The van der Waals surface area contributed by atoms with Crippen LogP contribution in [-0.2, 0) is 6.54 Å². The molecule has 0 bridgehead atoms. The first-order chi connectivity index (χ1) is 8.65. The van der Waals surface area contributed by atoms with Gasteiger partial charge >= 0.3 is 0 Å². The Bertz CT molecular complexity index is 589. The first-order valence-corrected chi connectivity index (χ1v) is 6.20. The summed E-state index contributed by atoms with van der Waals surface area (Å²) in [7, 11) is 0. The van der Waals surface area contributed by atoms with Crippen molar-refractivity contribution < 1.29 is 9.47 Å². The fourth-order valence-corrected chi connectivity index (χ4v) is 2.24. The molecule has 0 saturated heterocycles. The number of nitrogen functional groups attached to an aromatic ring is 1. The van der Waals surface area contributed by atoms with Crippen molar-refractivity contribution in [2.75, 3.05) is 18.9 Å². The van der Waals surface area contributed by atoms with E-state index in [1.807, 2.05) is 16.7 Å². The standard InChI is InChI=1S/C13H17N3O2/c1-8(2)7-16-10-6-12-11(17-3-4-18-12)5-9(10)15-13(16)14/h5-6,8H,3-4,7H2,1-2H3,(H2,14,15). The summed E-state index contributed by atoms with van der Waals surface area (Å²) in [5.41, 5.74) is 7.83. The Hall–Kier alpha value is -1.91. The zero-order valence-corrected chi connectivity index (χ0v) is 10.6. The van der Waals surface area contributed by atoms with E-state index in [1.54, 1.807) is 0 Å². The minimum atomic E-state index is 0.512. The second kappa shape index (κ2) is 4.08. The van der Waals surface area contributed by atoms with Gasteiger partial charge in [0.15, 0.2) is 11.5 Å². The normalized spacial score (nSPS) is 14.4. The van der Waals surface area contributed by atoms with E-state index in [-0.39, 0.29) is 0 Å². The maximum absolute atomic E-state index is 5.97. The Balaban J connectivity index is 2.15. The molecule has 1 aromatic heterocycles. The molecule has 5 heteroatoms. The molecular weight excluding hydrogens is 230 g/mol. The molecule has 0 saturated carbocycles. The second-order valence-electron chi connectivity index (χ2n) is 4.96. The van der Waals surface area contributed by atoms with Crippen LogP contribution >= 0.6 is 0 Å². The first-order valence-electron chi connectivity index (χ1n) is 6.20. The molecule has 0 unspecified atom stereocenters. The zero-order chi connectivity index (χ0) is 12.7. The summed E-state index contributed by atoms with van der Waals surface area (Å²) in [4.78, 5) is 4.38. The molecule has 18 heavy (non-hydrogen) atoms. The van der Waals surface area contributed by atoms with Crippen LogP contribution in [0.25, 0.3) is 11.0 Å². The van der Waals surface area contributed by atoms with Crippen molar-refractivity contribution in [2.24, 2.45) is 5.92 Å². The Labute approximate surface area is 106 Å². The largest absolute Gasteiger partial charge is 0.486 e.